The van der Waals surface area contributed by atoms with Crippen LogP contribution in [0.2, 0.25) is 0 Å². The Hall–Kier alpha value is -0.930. The van der Waals surface area contributed by atoms with Gasteiger partial charge < -0.3 is 10.8 Å². The van der Waals surface area contributed by atoms with E-state index in [0.717, 1.165) is 5.69 Å². The van der Waals surface area contributed by atoms with Gasteiger partial charge in [-0.1, -0.05) is 6.07 Å². The van der Waals surface area contributed by atoms with Crippen LogP contribution in [-0.2, 0) is 6.54 Å². The Kier molecular flexibility index (Phi) is 2.57. The van der Waals surface area contributed by atoms with E-state index in [9.17, 15) is 0 Å². The Morgan fingerprint density at radius 2 is 2.36 bits per heavy atom. The summed E-state index contributed by atoms with van der Waals surface area (Å²) in [6.45, 7) is 2.10. The van der Waals surface area contributed by atoms with Gasteiger partial charge >= 0.3 is 0 Å². The first kappa shape index (κ1) is 8.17. The third kappa shape index (κ3) is 2.00. The monoisotopic (exact) mass is 152 g/mol. The number of aromatic nitrogens is 1. The molecule has 1 rings (SSSR count). The van der Waals surface area contributed by atoms with Crippen molar-refractivity contribution in [2.45, 2.75) is 19.6 Å². The van der Waals surface area contributed by atoms with Gasteiger partial charge in [0, 0.05) is 6.54 Å². The summed E-state index contributed by atoms with van der Waals surface area (Å²) >= 11 is 0. The van der Waals surface area contributed by atoms with Crippen molar-refractivity contribution in [2.75, 3.05) is 0 Å². The van der Waals surface area contributed by atoms with Crippen LogP contribution < -0.4 is 5.73 Å². The van der Waals surface area contributed by atoms with Crippen LogP contribution >= 0.6 is 0 Å². The molecule has 3 heteroatoms. The van der Waals surface area contributed by atoms with Crippen molar-refractivity contribution in [3.63, 3.8) is 0 Å². The van der Waals surface area contributed by atoms with E-state index in [2.05, 4.69) is 4.98 Å². The maximum absolute atomic E-state index is 9.14. The number of hydrogen-bond acceptors (Lipinski definition) is 3. The molecule has 0 radical (unpaired) electrons. The molecule has 0 saturated heterocycles. The van der Waals surface area contributed by atoms with Crippen molar-refractivity contribution in [3.05, 3.63) is 29.6 Å². The van der Waals surface area contributed by atoms with Crippen LogP contribution in [0.4, 0.5) is 0 Å². The van der Waals surface area contributed by atoms with Gasteiger partial charge in [0.15, 0.2) is 0 Å². The van der Waals surface area contributed by atoms with Gasteiger partial charge in [0.05, 0.1) is 17.5 Å². The van der Waals surface area contributed by atoms with Crippen molar-refractivity contribution in [3.8, 4) is 0 Å². The lowest BCUT2D eigenvalue weighted by molar-refractivity contribution is 0.194. The molecule has 0 bridgehead atoms. The van der Waals surface area contributed by atoms with E-state index in [0.29, 0.717) is 12.2 Å². The first-order valence-electron chi connectivity index (χ1n) is 3.58. The Morgan fingerprint density at radius 3 is 2.91 bits per heavy atom. The standard InChI is InChI=1S/C8H12N2O/c1-6(11)8-4-2-3-7(5-9)10-8/h2-4,6,11H,5,9H2,1H3. The minimum atomic E-state index is -0.513. The fourth-order valence-electron chi connectivity index (χ4n) is 0.844. The quantitative estimate of drug-likeness (QED) is 0.652. The van der Waals surface area contributed by atoms with Crippen molar-refractivity contribution in [1.82, 2.24) is 4.98 Å². The van der Waals surface area contributed by atoms with Crippen molar-refractivity contribution < 1.29 is 5.11 Å². The summed E-state index contributed by atoms with van der Waals surface area (Å²) in [4.78, 5) is 4.12. The largest absolute Gasteiger partial charge is 0.387 e. The highest BCUT2D eigenvalue weighted by molar-refractivity contribution is 5.12. The van der Waals surface area contributed by atoms with Crippen LogP contribution in [0.25, 0.3) is 0 Å². The van der Waals surface area contributed by atoms with Crippen molar-refractivity contribution in [1.29, 1.82) is 0 Å². The molecule has 0 aliphatic rings. The number of aliphatic hydroxyl groups is 1. The molecule has 60 valence electrons. The van der Waals surface area contributed by atoms with Crippen molar-refractivity contribution in [2.24, 2.45) is 5.73 Å². The fraction of sp³-hybridized carbons (Fsp3) is 0.375. The number of nitrogens with zero attached hydrogens (tertiary/aromatic N) is 1. The third-order valence-corrected chi connectivity index (χ3v) is 1.47. The lowest BCUT2D eigenvalue weighted by Crippen LogP contribution is -2.03. The second-order valence-corrected chi connectivity index (χ2v) is 2.43. The van der Waals surface area contributed by atoms with Gasteiger partial charge in [0.2, 0.25) is 0 Å². The van der Waals surface area contributed by atoms with Crippen molar-refractivity contribution >= 4 is 0 Å². The predicted octanol–water partition coefficient (Wildman–Crippen LogP) is 0.594. The molecule has 0 aliphatic heterocycles. The van der Waals surface area contributed by atoms with Gasteiger partial charge in [-0.2, -0.15) is 0 Å². The number of pyridine rings is 1. The fourth-order valence-corrected chi connectivity index (χ4v) is 0.844. The van der Waals surface area contributed by atoms with Crippen LogP contribution in [0, 0.1) is 0 Å². The van der Waals surface area contributed by atoms with Crippen LogP contribution in [0.1, 0.15) is 24.4 Å². The highest BCUT2D eigenvalue weighted by atomic mass is 16.3. The molecule has 11 heavy (non-hydrogen) atoms. The molecular formula is C8H12N2O. The SMILES string of the molecule is CC(O)c1cccc(CN)n1. The zero-order chi connectivity index (χ0) is 8.27. The average Bonchev–Trinajstić information content (AvgIpc) is 2.05. The minimum absolute atomic E-state index is 0.417. The molecule has 1 atom stereocenters. The summed E-state index contributed by atoms with van der Waals surface area (Å²) < 4.78 is 0. The summed E-state index contributed by atoms with van der Waals surface area (Å²) in [5, 5.41) is 9.14. The first-order valence-corrected chi connectivity index (χ1v) is 3.58. The lowest BCUT2D eigenvalue weighted by atomic mass is 10.2. The van der Waals surface area contributed by atoms with Gasteiger partial charge in [-0.05, 0) is 19.1 Å². The molecule has 3 nitrogen and oxygen atoms in total. The lowest BCUT2D eigenvalue weighted by Gasteiger charge is -2.04. The molecule has 3 N–H and O–H groups in total. The Bertz CT molecular complexity index is 235. The molecule has 1 unspecified atom stereocenters. The highest BCUT2D eigenvalue weighted by Crippen LogP contribution is 2.08. The normalized spacial score (nSPS) is 13.0. The second-order valence-electron chi connectivity index (χ2n) is 2.43. The predicted molar refractivity (Wildman–Crippen MR) is 42.8 cm³/mol. The van der Waals surface area contributed by atoms with Crippen LogP contribution in [0.15, 0.2) is 18.2 Å². The molecule has 0 fully saturated rings. The smallest absolute Gasteiger partial charge is 0.0931 e. The van der Waals surface area contributed by atoms with Gasteiger partial charge in [-0.3, -0.25) is 4.98 Å². The van der Waals surface area contributed by atoms with Crippen LogP contribution in [0.3, 0.4) is 0 Å². The summed E-state index contributed by atoms with van der Waals surface area (Å²) in [5.41, 5.74) is 6.86. The van der Waals surface area contributed by atoms with Crippen LogP contribution in [-0.4, -0.2) is 10.1 Å². The molecular weight excluding hydrogens is 140 g/mol. The summed E-state index contributed by atoms with van der Waals surface area (Å²) in [7, 11) is 0. The van der Waals surface area contributed by atoms with E-state index in [4.69, 9.17) is 10.8 Å². The van der Waals surface area contributed by atoms with Gasteiger partial charge in [0.25, 0.3) is 0 Å². The maximum Gasteiger partial charge on any atom is 0.0931 e. The topological polar surface area (TPSA) is 59.1 Å². The van der Waals surface area contributed by atoms with E-state index >= 15 is 0 Å². The van der Waals surface area contributed by atoms with E-state index in [1.165, 1.54) is 0 Å². The van der Waals surface area contributed by atoms with Gasteiger partial charge in [-0.15, -0.1) is 0 Å². The van der Waals surface area contributed by atoms with Gasteiger partial charge in [0.1, 0.15) is 0 Å². The number of rotatable bonds is 2. The Morgan fingerprint density at radius 1 is 1.64 bits per heavy atom. The Labute approximate surface area is 65.9 Å². The average molecular weight is 152 g/mol. The summed E-state index contributed by atoms with van der Waals surface area (Å²) in [6.07, 6.45) is -0.513. The molecule has 1 heterocycles. The first-order chi connectivity index (χ1) is 5.24. The minimum Gasteiger partial charge on any atom is -0.387 e. The summed E-state index contributed by atoms with van der Waals surface area (Å²) in [5.74, 6) is 0. The zero-order valence-corrected chi connectivity index (χ0v) is 6.49. The molecule has 0 spiro atoms. The molecule has 0 aliphatic carbocycles. The molecule has 1 aromatic rings. The van der Waals surface area contributed by atoms with E-state index in [1.807, 2.05) is 12.1 Å². The molecule has 1 aromatic heterocycles. The molecule has 0 saturated carbocycles. The number of nitrogens with two attached hydrogens (primary N) is 1. The third-order valence-electron chi connectivity index (χ3n) is 1.47. The zero-order valence-electron chi connectivity index (χ0n) is 6.49. The van der Waals surface area contributed by atoms with E-state index in [-0.39, 0.29) is 0 Å². The maximum atomic E-state index is 9.14. The summed E-state index contributed by atoms with van der Waals surface area (Å²) in [6, 6.07) is 5.47. The molecule has 0 amide bonds. The second kappa shape index (κ2) is 3.46. The Balaban J connectivity index is 2.91. The number of aliphatic hydroxyl groups excluding tert-OH is 1. The van der Waals surface area contributed by atoms with E-state index in [1.54, 1.807) is 13.0 Å². The molecule has 0 aromatic carbocycles. The van der Waals surface area contributed by atoms with E-state index < -0.39 is 6.10 Å². The van der Waals surface area contributed by atoms with Crippen LogP contribution in [0.5, 0.6) is 0 Å². The number of hydrogen-bond donors (Lipinski definition) is 2. The van der Waals surface area contributed by atoms with Gasteiger partial charge in [-0.25, -0.2) is 0 Å². The highest BCUT2D eigenvalue weighted by Gasteiger charge is 2.01.